The van der Waals surface area contributed by atoms with Gasteiger partial charge in [-0.3, -0.25) is 0 Å². The fraction of sp³-hybridized carbons (Fsp3) is 0.600. The summed E-state index contributed by atoms with van der Waals surface area (Å²) in [6.45, 7) is 0.282. The molecule has 3 heteroatoms. The number of nitrogens with two attached hydrogens (primary N) is 1. The van der Waals surface area contributed by atoms with Crippen LogP contribution in [0.5, 0.6) is 5.75 Å². The first-order valence-electron chi connectivity index (χ1n) is 6.77. The summed E-state index contributed by atoms with van der Waals surface area (Å²) in [7, 11) is 1.64. The van der Waals surface area contributed by atoms with Crippen molar-refractivity contribution in [3.63, 3.8) is 0 Å². The number of hydrogen-bond donors (Lipinski definition) is 2. The number of methoxy groups -OCH3 is 1. The molecule has 1 unspecified atom stereocenters. The Morgan fingerprint density at radius 3 is 2.33 bits per heavy atom. The second kappa shape index (κ2) is 5.72. The maximum Gasteiger partial charge on any atom is 0.118 e. The SMILES string of the molecule is COc1ccc(C(O)(CN)C2CCCCC2)cc1. The van der Waals surface area contributed by atoms with Gasteiger partial charge in [-0.05, 0) is 36.5 Å². The highest BCUT2D eigenvalue weighted by atomic mass is 16.5. The smallest absolute Gasteiger partial charge is 0.118 e. The summed E-state index contributed by atoms with van der Waals surface area (Å²) >= 11 is 0. The Hall–Kier alpha value is -1.06. The van der Waals surface area contributed by atoms with Crippen LogP contribution < -0.4 is 10.5 Å². The first kappa shape index (κ1) is 13.4. The number of aliphatic hydroxyl groups is 1. The van der Waals surface area contributed by atoms with Crippen LogP contribution in [0.1, 0.15) is 37.7 Å². The van der Waals surface area contributed by atoms with E-state index in [1.807, 2.05) is 24.3 Å². The zero-order valence-corrected chi connectivity index (χ0v) is 11.1. The van der Waals surface area contributed by atoms with Crippen LogP contribution in [0, 0.1) is 5.92 Å². The predicted octanol–water partition coefficient (Wildman–Crippen LogP) is 2.42. The van der Waals surface area contributed by atoms with Gasteiger partial charge in [0, 0.05) is 6.54 Å². The van der Waals surface area contributed by atoms with Crippen LogP contribution in [0.15, 0.2) is 24.3 Å². The van der Waals surface area contributed by atoms with Gasteiger partial charge in [0.15, 0.2) is 0 Å². The van der Waals surface area contributed by atoms with Gasteiger partial charge in [0.25, 0.3) is 0 Å². The highest BCUT2D eigenvalue weighted by molar-refractivity contribution is 5.31. The molecule has 3 N–H and O–H groups in total. The average molecular weight is 249 g/mol. The number of hydrogen-bond acceptors (Lipinski definition) is 3. The molecule has 2 rings (SSSR count). The van der Waals surface area contributed by atoms with Gasteiger partial charge in [0.05, 0.1) is 7.11 Å². The largest absolute Gasteiger partial charge is 0.497 e. The molecular formula is C15H23NO2. The summed E-state index contributed by atoms with van der Waals surface area (Å²) < 4.78 is 5.15. The van der Waals surface area contributed by atoms with Crippen molar-refractivity contribution in [2.45, 2.75) is 37.7 Å². The molecule has 1 fully saturated rings. The summed E-state index contributed by atoms with van der Waals surface area (Å²) in [5.41, 5.74) is 5.89. The Balaban J connectivity index is 2.23. The van der Waals surface area contributed by atoms with Crippen LogP contribution in [0.3, 0.4) is 0 Å². The van der Waals surface area contributed by atoms with E-state index < -0.39 is 5.60 Å². The minimum atomic E-state index is -0.882. The van der Waals surface area contributed by atoms with E-state index in [0.29, 0.717) is 0 Å². The van der Waals surface area contributed by atoms with Crippen molar-refractivity contribution in [2.75, 3.05) is 13.7 Å². The van der Waals surface area contributed by atoms with Crippen molar-refractivity contribution in [3.8, 4) is 5.75 Å². The molecule has 0 heterocycles. The summed E-state index contributed by atoms with van der Waals surface area (Å²) in [5, 5.41) is 10.9. The molecule has 18 heavy (non-hydrogen) atoms. The molecule has 1 aliphatic rings. The van der Waals surface area contributed by atoms with E-state index >= 15 is 0 Å². The fourth-order valence-corrected chi connectivity index (χ4v) is 2.98. The monoisotopic (exact) mass is 249 g/mol. The Morgan fingerprint density at radius 2 is 1.83 bits per heavy atom. The molecular weight excluding hydrogens is 226 g/mol. The molecule has 0 bridgehead atoms. The van der Waals surface area contributed by atoms with Crippen molar-refractivity contribution in [3.05, 3.63) is 29.8 Å². The Bertz CT molecular complexity index is 371. The van der Waals surface area contributed by atoms with Crippen LogP contribution in [0.25, 0.3) is 0 Å². The topological polar surface area (TPSA) is 55.5 Å². The molecule has 100 valence electrons. The van der Waals surface area contributed by atoms with Crippen molar-refractivity contribution < 1.29 is 9.84 Å². The van der Waals surface area contributed by atoms with E-state index in [1.165, 1.54) is 19.3 Å². The summed E-state index contributed by atoms with van der Waals surface area (Å²) in [6, 6.07) is 7.64. The second-order valence-corrected chi connectivity index (χ2v) is 5.19. The van der Waals surface area contributed by atoms with Crippen molar-refractivity contribution in [1.82, 2.24) is 0 Å². The van der Waals surface area contributed by atoms with Gasteiger partial charge >= 0.3 is 0 Å². The van der Waals surface area contributed by atoms with E-state index in [1.54, 1.807) is 7.11 Å². The third-order valence-electron chi connectivity index (χ3n) is 4.18. The van der Waals surface area contributed by atoms with Gasteiger partial charge in [-0.1, -0.05) is 31.4 Å². The van der Waals surface area contributed by atoms with E-state index in [-0.39, 0.29) is 12.5 Å². The van der Waals surface area contributed by atoms with Crippen LogP contribution in [-0.2, 0) is 5.60 Å². The van der Waals surface area contributed by atoms with Crippen LogP contribution in [-0.4, -0.2) is 18.8 Å². The Kier molecular flexibility index (Phi) is 4.25. The molecule has 1 atom stereocenters. The maximum atomic E-state index is 10.9. The second-order valence-electron chi connectivity index (χ2n) is 5.19. The summed E-state index contributed by atoms with van der Waals surface area (Å²) in [4.78, 5) is 0. The average Bonchev–Trinajstić information content (AvgIpc) is 2.47. The van der Waals surface area contributed by atoms with Gasteiger partial charge < -0.3 is 15.6 Å². The molecule has 0 radical (unpaired) electrons. The minimum absolute atomic E-state index is 0.282. The Labute approximate surface area is 109 Å². The first-order valence-corrected chi connectivity index (χ1v) is 6.77. The standard InChI is InChI=1S/C15H23NO2/c1-18-14-9-7-13(8-10-14)15(17,11-16)12-5-3-2-4-6-12/h7-10,12,17H,2-6,11,16H2,1H3. The summed E-state index contributed by atoms with van der Waals surface area (Å²) in [6.07, 6.45) is 5.81. The normalized spacial score (nSPS) is 20.4. The molecule has 1 aromatic carbocycles. The molecule has 0 aliphatic heterocycles. The van der Waals surface area contributed by atoms with Crippen molar-refractivity contribution in [1.29, 1.82) is 0 Å². The molecule has 3 nitrogen and oxygen atoms in total. The Morgan fingerprint density at radius 1 is 1.22 bits per heavy atom. The lowest BCUT2D eigenvalue weighted by molar-refractivity contribution is -0.0305. The lowest BCUT2D eigenvalue weighted by Gasteiger charge is -2.38. The molecule has 1 saturated carbocycles. The van der Waals surface area contributed by atoms with E-state index in [2.05, 4.69) is 0 Å². The number of ether oxygens (including phenoxy) is 1. The van der Waals surface area contributed by atoms with Gasteiger partial charge in [-0.2, -0.15) is 0 Å². The number of benzene rings is 1. The van der Waals surface area contributed by atoms with Gasteiger partial charge in [0.2, 0.25) is 0 Å². The quantitative estimate of drug-likeness (QED) is 0.861. The maximum absolute atomic E-state index is 10.9. The summed E-state index contributed by atoms with van der Waals surface area (Å²) in [5.74, 6) is 1.09. The van der Waals surface area contributed by atoms with Crippen molar-refractivity contribution >= 4 is 0 Å². The third kappa shape index (κ3) is 2.52. The van der Waals surface area contributed by atoms with E-state index in [9.17, 15) is 5.11 Å². The highest BCUT2D eigenvalue weighted by Gasteiger charge is 2.37. The zero-order chi connectivity index (χ0) is 13.0. The van der Waals surface area contributed by atoms with Crippen molar-refractivity contribution in [2.24, 2.45) is 11.7 Å². The third-order valence-corrected chi connectivity index (χ3v) is 4.18. The van der Waals surface area contributed by atoms with E-state index in [4.69, 9.17) is 10.5 Å². The number of rotatable bonds is 4. The lowest BCUT2D eigenvalue weighted by Crippen LogP contribution is -2.43. The molecule has 0 saturated heterocycles. The van der Waals surface area contributed by atoms with Crippen LogP contribution in [0.2, 0.25) is 0 Å². The van der Waals surface area contributed by atoms with Gasteiger partial charge in [-0.15, -0.1) is 0 Å². The molecule has 0 spiro atoms. The van der Waals surface area contributed by atoms with Gasteiger partial charge in [-0.25, -0.2) is 0 Å². The molecule has 0 aromatic heterocycles. The molecule has 1 aliphatic carbocycles. The molecule has 0 amide bonds. The fourth-order valence-electron chi connectivity index (χ4n) is 2.98. The first-order chi connectivity index (χ1) is 8.70. The van der Waals surface area contributed by atoms with Crippen LogP contribution in [0.4, 0.5) is 0 Å². The van der Waals surface area contributed by atoms with Crippen LogP contribution >= 0.6 is 0 Å². The minimum Gasteiger partial charge on any atom is -0.497 e. The predicted molar refractivity (Wildman–Crippen MR) is 72.5 cm³/mol. The van der Waals surface area contributed by atoms with E-state index in [0.717, 1.165) is 24.2 Å². The highest BCUT2D eigenvalue weighted by Crippen LogP contribution is 2.39. The lowest BCUT2D eigenvalue weighted by atomic mass is 9.73. The molecule has 1 aromatic rings. The zero-order valence-electron chi connectivity index (χ0n) is 11.1. The van der Waals surface area contributed by atoms with Gasteiger partial charge in [0.1, 0.15) is 11.4 Å².